The maximum Gasteiger partial charge on any atom is 0.134 e. The van der Waals surface area contributed by atoms with Crippen molar-refractivity contribution < 1.29 is 9.47 Å². The highest BCUT2D eigenvalue weighted by molar-refractivity contribution is 9.10. The smallest absolute Gasteiger partial charge is 0.134 e. The van der Waals surface area contributed by atoms with Gasteiger partial charge in [-0.1, -0.05) is 13.0 Å². The second kappa shape index (κ2) is 7.69. The molecule has 17 heavy (non-hydrogen) atoms. The van der Waals surface area contributed by atoms with E-state index in [9.17, 15) is 0 Å². The topological polar surface area (TPSA) is 30.5 Å². The summed E-state index contributed by atoms with van der Waals surface area (Å²) in [5.74, 6) is 0.856. The van der Waals surface area contributed by atoms with Crippen molar-refractivity contribution in [3.05, 3.63) is 28.2 Å². The summed E-state index contributed by atoms with van der Waals surface area (Å²) in [6.45, 7) is 6.52. The fraction of sp³-hybridized carbons (Fsp3) is 0.538. The maximum atomic E-state index is 5.75. The second-order valence-electron chi connectivity index (χ2n) is 3.93. The highest BCUT2D eigenvalue weighted by Crippen LogP contribution is 2.26. The van der Waals surface area contributed by atoms with Crippen molar-refractivity contribution in [2.24, 2.45) is 0 Å². The molecule has 0 aromatic heterocycles. The first-order valence-electron chi connectivity index (χ1n) is 5.82. The average molecular weight is 302 g/mol. The van der Waals surface area contributed by atoms with Gasteiger partial charge in [-0.2, -0.15) is 0 Å². The number of benzene rings is 1. The predicted molar refractivity (Wildman–Crippen MR) is 73.5 cm³/mol. The molecule has 1 unspecified atom stereocenters. The van der Waals surface area contributed by atoms with E-state index in [2.05, 4.69) is 40.3 Å². The fourth-order valence-electron chi connectivity index (χ4n) is 1.50. The molecule has 1 N–H and O–H groups in total. The van der Waals surface area contributed by atoms with Gasteiger partial charge in [0.1, 0.15) is 11.9 Å². The highest BCUT2D eigenvalue weighted by Gasteiger charge is 2.07. The number of halogens is 1. The Hall–Kier alpha value is -0.580. The van der Waals surface area contributed by atoms with E-state index in [0.717, 1.165) is 23.3 Å². The van der Waals surface area contributed by atoms with E-state index in [1.807, 2.05) is 13.0 Å². The van der Waals surface area contributed by atoms with Crippen LogP contribution in [0.4, 0.5) is 0 Å². The van der Waals surface area contributed by atoms with Crippen LogP contribution < -0.4 is 10.1 Å². The Morgan fingerprint density at radius 3 is 2.76 bits per heavy atom. The minimum Gasteiger partial charge on any atom is -0.487 e. The van der Waals surface area contributed by atoms with Crippen molar-refractivity contribution in [2.75, 3.05) is 20.3 Å². The van der Waals surface area contributed by atoms with Gasteiger partial charge in [-0.3, -0.25) is 0 Å². The zero-order chi connectivity index (χ0) is 12.7. The molecule has 0 amide bonds. The molecular formula is C13H20BrNO2. The van der Waals surface area contributed by atoms with Crippen molar-refractivity contribution in [1.29, 1.82) is 0 Å². The van der Waals surface area contributed by atoms with Crippen LogP contribution in [0.3, 0.4) is 0 Å². The first-order chi connectivity index (χ1) is 8.17. The Morgan fingerprint density at radius 2 is 2.18 bits per heavy atom. The van der Waals surface area contributed by atoms with Gasteiger partial charge in [0, 0.05) is 13.7 Å². The Labute approximate surface area is 112 Å². The Balaban J connectivity index is 2.62. The van der Waals surface area contributed by atoms with Gasteiger partial charge in [0.05, 0.1) is 11.1 Å². The van der Waals surface area contributed by atoms with Crippen LogP contribution in [-0.2, 0) is 11.3 Å². The van der Waals surface area contributed by atoms with E-state index in [0.29, 0.717) is 6.61 Å². The number of hydrogen-bond acceptors (Lipinski definition) is 3. The minimum absolute atomic E-state index is 0.0518. The summed E-state index contributed by atoms with van der Waals surface area (Å²) >= 11 is 3.53. The lowest BCUT2D eigenvalue weighted by Gasteiger charge is -2.15. The van der Waals surface area contributed by atoms with Crippen molar-refractivity contribution in [3.8, 4) is 5.75 Å². The molecule has 1 rings (SSSR count). The van der Waals surface area contributed by atoms with Crippen LogP contribution in [0, 0.1) is 0 Å². The summed E-state index contributed by atoms with van der Waals surface area (Å²) in [5, 5.41) is 3.29. The SMILES string of the molecule is CCNCc1ccc(OC(C)COC)c(Br)c1. The molecule has 0 heterocycles. The standard InChI is InChI=1S/C13H20BrNO2/c1-4-15-8-11-5-6-13(12(14)7-11)17-10(2)9-16-3/h5-7,10,15H,4,8-9H2,1-3H3. The highest BCUT2D eigenvalue weighted by atomic mass is 79.9. The van der Waals surface area contributed by atoms with Crippen LogP contribution in [0.1, 0.15) is 19.4 Å². The molecule has 1 atom stereocenters. The van der Waals surface area contributed by atoms with Crippen LogP contribution in [0.15, 0.2) is 22.7 Å². The van der Waals surface area contributed by atoms with Gasteiger partial charge >= 0.3 is 0 Å². The summed E-state index contributed by atoms with van der Waals surface area (Å²) in [7, 11) is 1.68. The lowest BCUT2D eigenvalue weighted by molar-refractivity contribution is 0.0916. The first-order valence-corrected chi connectivity index (χ1v) is 6.61. The molecule has 0 bridgehead atoms. The van der Waals surface area contributed by atoms with Crippen molar-refractivity contribution in [2.45, 2.75) is 26.5 Å². The van der Waals surface area contributed by atoms with E-state index in [1.165, 1.54) is 5.56 Å². The van der Waals surface area contributed by atoms with Gasteiger partial charge < -0.3 is 14.8 Å². The van der Waals surface area contributed by atoms with E-state index in [1.54, 1.807) is 7.11 Å². The van der Waals surface area contributed by atoms with Crippen molar-refractivity contribution in [3.63, 3.8) is 0 Å². The lowest BCUT2D eigenvalue weighted by Crippen LogP contribution is -2.18. The molecule has 1 aromatic rings. The Bertz CT molecular complexity index is 344. The Morgan fingerprint density at radius 1 is 1.41 bits per heavy atom. The van der Waals surface area contributed by atoms with Crippen molar-refractivity contribution >= 4 is 15.9 Å². The zero-order valence-electron chi connectivity index (χ0n) is 10.6. The van der Waals surface area contributed by atoms with Crippen LogP contribution in [-0.4, -0.2) is 26.4 Å². The predicted octanol–water partition coefficient (Wildman–Crippen LogP) is 2.97. The largest absolute Gasteiger partial charge is 0.487 e. The average Bonchev–Trinajstić information content (AvgIpc) is 2.30. The van der Waals surface area contributed by atoms with Crippen LogP contribution in [0.5, 0.6) is 5.75 Å². The third kappa shape index (κ3) is 5.06. The molecular weight excluding hydrogens is 282 g/mol. The van der Waals surface area contributed by atoms with Crippen molar-refractivity contribution in [1.82, 2.24) is 5.32 Å². The first kappa shape index (κ1) is 14.5. The molecule has 0 fully saturated rings. The van der Waals surface area contributed by atoms with Crippen LogP contribution >= 0.6 is 15.9 Å². The van der Waals surface area contributed by atoms with Crippen LogP contribution in [0.2, 0.25) is 0 Å². The van der Waals surface area contributed by atoms with E-state index >= 15 is 0 Å². The van der Waals surface area contributed by atoms with E-state index in [4.69, 9.17) is 9.47 Å². The summed E-state index contributed by atoms with van der Waals surface area (Å²) in [5.41, 5.74) is 1.24. The lowest BCUT2D eigenvalue weighted by atomic mass is 10.2. The van der Waals surface area contributed by atoms with Gasteiger partial charge in [-0.25, -0.2) is 0 Å². The summed E-state index contributed by atoms with van der Waals surface area (Å²) in [6.07, 6.45) is 0.0518. The van der Waals surface area contributed by atoms with Gasteiger partial charge in [-0.15, -0.1) is 0 Å². The van der Waals surface area contributed by atoms with Crippen LogP contribution in [0.25, 0.3) is 0 Å². The number of hydrogen-bond donors (Lipinski definition) is 1. The molecule has 0 radical (unpaired) electrons. The number of rotatable bonds is 7. The maximum absolute atomic E-state index is 5.75. The number of nitrogens with one attached hydrogen (secondary N) is 1. The molecule has 0 aliphatic carbocycles. The second-order valence-corrected chi connectivity index (χ2v) is 4.78. The fourth-order valence-corrected chi connectivity index (χ4v) is 2.02. The van der Waals surface area contributed by atoms with Gasteiger partial charge in [0.25, 0.3) is 0 Å². The molecule has 0 spiro atoms. The molecule has 0 saturated heterocycles. The molecule has 0 saturated carbocycles. The monoisotopic (exact) mass is 301 g/mol. The normalized spacial score (nSPS) is 12.5. The van der Waals surface area contributed by atoms with Gasteiger partial charge in [0.15, 0.2) is 0 Å². The summed E-state index contributed by atoms with van der Waals surface area (Å²) in [4.78, 5) is 0. The quantitative estimate of drug-likeness (QED) is 0.840. The molecule has 3 nitrogen and oxygen atoms in total. The van der Waals surface area contributed by atoms with E-state index < -0.39 is 0 Å². The molecule has 1 aromatic carbocycles. The number of ether oxygens (including phenoxy) is 2. The molecule has 4 heteroatoms. The number of methoxy groups -OCH3 is 1. The third-order valence-corrected chi connectivity index (χ3v) is 2.92. The minimum atomic E-state index is 0.0518. The zero-order valence-corrected chi connectivity index (χ0v) is 12.2. The molecule has 0 aliphatic rings. The summed E-state index contributed by atoms with van der Waals surface area (Å²) in [6, 6.07) is 6.14. The molecule has 96 valence electrons. The molecule has 0 aliphatic heterocycles. The van der Waals surface area contributed by atoms with Gasteiger partial charge in [-0.05, 0) is 47.1 Å². The third-order valence-electron chi connectivity index (χ3n) is 2.30. The Kier molecular flexibility index (Phi) is 6.55. The van der Waals surface area contributed by atoms with Gasteiger partial charge in [0.2, 0.25) is 0 Å². The summed E-state index contributed by atoms with van der Waals surface area (Å²) < 4.78 is 11.8. The van der Waals surface area contributed by atoms with E-state index in [-0.39, 0.29) is 6.10 Å².